The Hall–Kier alpha value is -0.780. The molecular weight excluding hydrogens is 372 g/mol. The Morgan fingerprint density at radius 3 is 1.26 bits per heavy atom. The number of rotatable bonds is 3. The number of benzene rings is 1. The van der Waals surface area contributed by atoms with Crippen LogP contribution >= 0.6 is 0 Å². The van der Waals surface area contributed by atoms with Crippen molar-refractivity contribution in [2.24, 2.45) is 46.3 Å². The zero-order valence-electron chi connectivity index (χ0n) is 20.6. The minimum Gasteiger partial charge on any atom is -0.0552 e. The lowest BCUT2D eigenvalue weighted by atomic mass is 9.37. The van der Waals surface area contributed by atoms with Gasteiger partial charge in [0.15, 0.2) is 0 Å². The maximum atomic E-state index is 2.72. The van der Waals surface area contributed by atoms with Gasteiger partial charge in [0.25, 0.3) is 0 Å². The topological polar surface area (TPSA) is 0 Å². The van der Waals surface area contributed by atoms with Crippen LogP contribution in [0.1, 0.15) is 111 Å². The third-order valence-corrected chi connectivity index (χ3v) is 12.2. The lowest BCUT2D eigenvalue weighted by molar-refractivity contribution is -0.144. The van der Waals surface area contributed by atoms with E-state index in [1.807, 2.05) is 5.56 Å². The monoisotopic (exact) mass is 416 g/mol. The molecule has 168 valence electrons. The van der Waals surface area contributed by atoms with Crippen LogP contribution in [0.25, 0.3) is 0 Å². The van der Waals surface area contributed by atoms with Crippen molar-refractivity contribution in [1.82, 2.24) is 0 Å². The normalized spacial score (nSPS) is 47.9. The summed E-state index contributed by atoms with van der Waals surface area (Å²) in [7, 11) is 0. The van der Waals surface area contributed by atoms with E-state index < -0.39 is 0 Å². The summed E-state index contributed by atoms with van der Waals surface area (Å²) in [6.45, 7) is 9.70. The minimum absolute atomic E-state index is 0.638. The second-order valence-electron chi connectivity index (χ2n) is 14.2. The van der Waals surface area contributed by atoms with E-state index in [0.29, 0.717) is 10.8 Å². The fraction of sp³-hybridized carbons (Fsp3) is 0.806. The lowest BCUT2D eigenvalue weighted by Gasteiger charge is -2.67. The molecule has 0 nitrogen and oxygen atoms in total. The first-order valence-corrected chi connectivity index (χ1v) is 13.9. The van der Waals surface area contributed by atoms with Gasteiger partial charge in [0.2, 0.25) is 0 Å². The summed E-state index contributed by atoms with van der Waals surface area (Å²) >= 11 is 0. The molecule has 0 atom stereocenters. The smallest absolute Gasteiger partial charge is 0.00453 e. The first-order valence-electron chi connectivity index (χ1n) is 13.9. The van der Waals surface area contributed by atoms with E-state index in [9.17, 15) is 0 Å². The second-order valence-corrected chi connectivity index (χ2v) is 14.2. The molecule has 8 bridgehead atoms. The van der Waals surface area contributed by atoms with Gasteiger partial charge in [-0.1, -0.05) is 6.07 Å². The Balaban J connectivity index is 1.43. The van der Waals surface area contributed by atoms with Crippen molar-refractivity contribution < 1.29 is 0 Å². The van der Waals surface area contributed by atoms with Crippen molar-refractivity contribution >= 4 is 0 Å². The Labute approximate surface area is 191 Å². The Morgan fingerprint density at radius 1 is 0.548 bits per heavy atom. The number of hydrogen-bond donors (Lipinski definition) is 0. The molecule has 1 aromatic rings. The maximum Gasteiger partial charge on any atom is -0.00453 e. The highest BCUT2D eigenvalue weighted by Gasteiger charge is 2.63. The van der Waals surface area contributed by atoms with Gasteiger partial charge in [-0.25, -0.2) is 0 Å². The summed E-state index contributed by atoms with van der Waals surface area (Å²) in [5, 5.41) is 0. The van der Waals surface area contributed by atoms with Crippen molar-refractivity contribution in [2.75, 3.05) is 0 Å². The molecule has 0 radical (unpaired) electrons. The zero-order valence-corrected chi connectivity index (χ0v) is 20.6. The van der Waals surface area contributed by atoms with Gasteiger partial charge < -0.3 is 0 Å². The van der Waals surface area contributed by atoms with Crippen LogP contribution < -0.4 is 0 Å². The summed E-state index contributed by atoms with van der Waals surface area (Å²) in [5.74, 6) is 7.25. The van der Waals surface area contributed by atoms with Crippen molar-refractivity contribution in [2.45, 2.75) is 111 Å². The predicted molar refractivity (Wildman–Crippen MR) is 129 cm³/mol. The van der Waals surface area contributed by atoms with Crippen molar-refractivity contribution in [3.63, 3.8) is 0 Å². The highest BCUT2D eigenvalue weighted by Crippen LogP contribution is 2.74. The highest BCUT2D eigenvalue weighted by atomic mass is 14.7. The van der Waals surface area contributed by atoms with Crippen LogP contribution in [0, 0.1) is 74.0 Å². The first-order chi connectivity index (χ1) is 14.8. The van der Waals surface area contributed by atoms with Crippen molar-refractivity contribution in [1.29, 1.82) is 0 Å². The summed E-state index contributed by atoms with van der Waals surface area (Å²) in [4.78, 5) is 0. The van der Waals surface area contributed by atoms with Gasteiger partial charge in [-0.05, 0) is 185 Å². The molecule has 0 unspecified atom stereocenters. The van der Waals surface area contributed by atoms with E-state index in [0.717, 1.165) is 41.4 Å². The van der Waals surface area contributed by atoms with Gasteiger partial charge in [-0.15, -0.1) is 0 Å². The molecule has 0 spiro atoms. The fourth-order valence-corrected chi connectivity index (χ4v) is 11.9. The van der Waals surface area contributed by atoms with Gasteiger partial charge in [0.05, 0.1) is 0 Å². The number of aryl methyl sites for hydroxylation is 1. The minimum atomic E-state index is 0.638. The van der Waals surface area contributed by atoms with Crippen LogP contribution in [-0.2, 0) is 0 Å². The lowest BCUT2D eigenvalue weighted by Crippen LogP contribution is -2.57. The number of hydrogen-bond acceptors (Lipinski definition) is 0. The quantitative estimate of drug-likeness (QED) is 0.464. The van der Waals surface area contributed by atoms with Crippen LogP contribution in [0.2, 0.25) is 0 Å². The van der Waals surface area contributed by atoms with Crippen molar-refractivity contribution in [3.8, 4) is 0 Å². The van der Waals surface area contributed by atoms with Crippen LogP contribution in [0.15, 0.2) is 6.07 Å². The molecule has 8 aliphatic rings. The molecule has 0 heterocycles. The summed E-state index contributed by atoms with van der Waals surface area (Å²) in [6, 6.07) is 2.72. The van der Waals surface area contributed by atoms with Gasteiger partial charge in [-0.2, -0.15) is 0 Å². The van der Waals surface area contributed by atoms with E-state index in [-0.39, 0.29) is 0 Å². The maximum absolute atomic E-state index is 2.72. The Kier molecular flexibility index (Phi) is 4.07. The fourth-order valence-electron chi connectivity index (χ4n) is 11.9. The molecule has 8 fully saturated rings. The van der Waals surface area contributed by atoms with Gasteiger partial charge in [-0.3, -0.25) is 0 Å². The third kappa shape index (κ3) is 2.72. The summed E-state index contributed by atoms with van der Waals surface area (Å²) in [6.07, 6.45) is 19.0. The second kappa shape index (κ2) is 6.42. The Morgan fingerprint density at radius 2 is 0.903 bits per heavy atom. The van der Waals surface area contributed by atoms with Crippen LogP contribution in [-0.4, -0.2) is 0 Å². The highest BCUT2D eigenvalue weighted by molar-refractivity contribution is 5.47. The van der Waals surface area contributed by atoms with Crippen LogP contribution in [0.3, 0.4) is 0 Å². The predicted octanol–water partition coefficient (Wildman–Crippen LogP) is 8.44. The van der Waals surface area contributed by atoms with Gasteiger partial charge >= 0.3 is 0 Å². The molecule has 0 aromatic heterocycles. The molecule has 8 aliphatic carbocycles. The Bertz CT molecular complexity index is 802. The van der Waals surface area contributed by atoms with Crippen LogP contribution in [0.5, 0.6) is 0 Å². The molecule has 31 heavy (non-hydrogen) atoms. The molecule has 0 amide bonds. The van der Waals surface area contributed by atoms with E-state index >= 15 is 0 Å². The van der Waals surface area contributed by atoms with Gasteiger partial charge in [0, 0.05) is 0 Å². The SMILES string of the molecule is Cc1cc(C(C23CC4CC(CC(C4)C2)C3)C23CC4CC(CC(C4)C2)C3)c(C)c(C)c1C. The molecule has 9 rings (SSSR count). The molecule has 8 saturated carbocycles. The van der Waals surface area contributed by atoms with Crippen LogP contribution in [0.4, 0.5) is 0 Å². The molecule has 0 N–H and O–H groups in total. The summed E-state index contributed by atoms with van der Waals surface area (Å²) < 4.78 is 0. The van der Waals surface area contributed by atoms with Crippen molar-refractivity contribution in [3.05, 3.63) is 33.9 Å². The average molecular weight is 417 g/mol. The largest absolute Gasteiger partial charge is 0.0552 e. The molecular formula is C31H44. The molecule has 0 heteroatoms. The molecule has 0 saturated heterocycles. The van der Waals surface area contributed by atoms with E-state index in [1.54, 1.807) is 99.3 Å². The third-order valence-electron chi connectivity index (χ3n) is 12.2. The first kappa shape index (κ1) is 19.7. The zero-order chi connectivity index (χ0) is 21.1. The summed E-state index contributed by atoms with van der Waals surface area (Å²) in [5.41, 5.74) is 9.52. The van der Waals surface area contributed by atoms with E-state index in [1.165, 1.54) is 0 Å². The van der Waals surface area contributed by atoms with E-state index in [2.05, 4.69) is 33.8 Å². The molecule has 1 aromatic carbocycles. The average Bonchev–Trinajstić information content (AvgIpc) is 2.68. The molecule has 0 aliphatic heterocycles. The standard InChI is InChI=1S/C31H44/c1-18-5-28(21(4)20(3)19(18)2)29(30-12-22-6-23(13-30)8-24(7-22)14-30)31-15-25-9-26(16-31)11-27(10-25)17-31/h5,22-27,29H,6-17H2,1-4H3. The van der Waals surface area contributed by atoms with Gasteiger partial charge in [0.1, 0.15) is 0 Å². The van der Waals surface area contributed by atoms with E-state index in [4.69, 9.17) is 0 Å².